The maximum atomic E-state index is 13.6. The van der Waals surface area contributed by atoms with Gasteiger partial charge in [0.15, 0.2) is 5.96 Å². The molecule has 0 aliphatic carbocycles. The molecule has 0 aliphatic heterocycles. The summed E-state index contributed by atoms with van der Waals surface area (Å²) < 4.78 is 28.9. The molecule has 2 N–H and O–H groups in total. The van der Waals surface area contributed by atoms with Crippen LogP contribution in [0.1, 0.15) is 11.3 Å². The van der Waals surface area contributed by atoms with E-state index in [1.165, 1.54) is 18.2 Å². The summed E-state index contributed by atoms with van der Waals surface area (Å²) in [7, 11) is 3.42. The van der Waals surface area contributed by atoms with Crippen LogP contribution in [-0.2, 0) is 20.0 Å². The largest absolute Gasteiger partial charge is 0.356 e. The molecule has 24 heavy (non-hydrogen) atoms. The first-order valence-corrected chi connectivity index (χ1v) is 8.06. The minimum Gasteiger partial charge on any atom is -0.356 e. The molecule has 1 aromatic heterocycles. The average molecular weight is 375 g/mol. The van der Waals surface area contributed by atoms with Gasteiger partial charge in [-0.05, 0) is 24.6 Å². The van der Waals surface area contributed by atoms with Crippen molar-refractivity contribution in [3.05, 3.63) is 57.3 Å². The van der Waals surface area contributed by atoms with Crippen LogP contribution in [0.2, 0.25) is 10.2 Å². The fraction of sp³-hybridized carbons (Fsp3) is 0.312. The summed E-state index contributed by atoms with van der Waals surface area (Å²) in [5, 5.41) is 7.05. The average Bonchev–Trinajstić information content (AvgIpc) is 2.80. The number of hydrogen-bond acceptors (Lipinski definition) is 1. The van der Waals surface area contributed by atoms with Crippen molar-refractivity contribution in [3.63, 3.8) is 0 Å². The van der Waals surface area contributed by atoms with Crippen molar-refractivity contribution in [2.45, 2.75) is 13.0 Å². The van der Waals surface area contributed by atoms with Crippen molar-refractivity contribution in [3.8, 4) is 0 Å². The third-order valence-electron chi connectivity index (χ3n) is 3.61. The van der Waals surface area contributed by atoms with Gasteiger partial charge in [0.2, 0.25) is 0 Å². The minimum atomic E-state index is -0.548. The molecule has 0 radical (unpaired) electrons. The molecule has 0 aliphatic rings. The van der Waals surface area contributed by atoms with Gasteiger partial charge in [0.05, 0.1) is 11.6 Å². The summed E-state index contributed by atoms with van der Waals surface area (Å²) in [6.07, 6.45) is 0.209. The zero-order valence-electron chi connectivity index (χ0n) is 13.3. The zero-order valence-corrected chi connectivity index (χ0v) is 14.8. The lowest BCUT2D eigenvalue weighted by atomic mass is 10.1. The van der Waals surface area contributed by atoms with Crippen LogP contribution in [0.25, 0.3) is 0 Å². The predicted octanol–water partition coefficient (Wildman–Crippen LogP) is 3.52. The van der Waals surface area contributed by atoms with Crippen molar-refractivity contribution in [2.24, 2.45) is 12.0 Å². The molecular formula is C16H18Cl2F2N4. The van der Waals surface area contributed by atoms with Crippen LogP contribution in [-0.4, -0.2) is 24.1 Å². The quantitative estimate of drug-likeness (QED) is 0.620. The molecule has 130 valence electrons. The highest BCUT2D eigenvalue weighted by Gasteiger charge is 2.10. The second kappa shape index (κ2) is 8.35. The van der Waals surface area contributed by atoms with Gasteiger partial charge < -0.3 is 15.2 Å². The maximum Gasteiger partial charge on any atom is 0.191 e. The lowest BCUT2D eigenvalue weighted by Gasteiger charge is -2.13. The third kappa shape index (κ3) is 4.39. The summed E-state index contributed by atoms with van der Waals surface area (Å²) in [6, 6.07) is 5.60. The van der Waals surface area contributed by atoms with E-state index in [2.05, 4.69) is 15.6 Å². The number of guanidine groups is 1. The number of aliphatic imine (C=N–C) groups is 1. The zero-order chi connectivity index (χ0) is 17.7. The Labute approximate surface area is 149 Å². The Morgan fingerprint density at radius 3 is 2.42 bits per heavy atom. The molecule has 0 amide bonds. The lowest BCUT2D eigenvalue weighted by molar-refractivity contribution is 0.553. The number of hydrogen-bond donors (Lipinski definition) is 2. The Morgan fingerprint density at radius 2 is 1.88 bits per heavy atom. The number of halogens is 4. The fourth-order valence-electron chi connectivity index (χ4n) is 2.23. The molecule has 0 unspecified atom stereocenters. The summed E-state index contributed by atoms with van der Waals surface area (Å²) in [4.78, 5) is 4.07. The van der Waals surface area contributed by atoms with Gasteiger partial charge in [-0.3, -0.25) is 4.99 Å². The van der Waals surface area contributed by atoms with Crippen LogP contribution in [0.3, 0.4) is 0 Å². The lowest BCUT2D eigenvalue weighted by Crippen LogP contribution is -2.38. The van der Waals surface area contributed by atoms with E-state index in [0.717, 1.165) is 5.69 Å². The van der Waals surface area contributed by atoms with Gasteiger partial charge in [-0.25, -0.2) is 8.78 Å². The molecule has 1 aromatic carbocycles. The van der Waals surface area contributed by atoms with E-state index in [9.17, 15) is 8.78 Å². The summed E-state index contributed by atoms with van der Waals surface area (Å²) in [6.45, 7) is 0.794. The Kier molecular flexibility index (Phi) is 6.45. The molecule has 8 heteroatoms. The molecule has 0 saturated heterocycles. The van der Waals surface area contributed by atoms with E-state index in [1.807, 2.05) is 7.05 Å². The van der Waals surface area contributed by atoms with Gasteiger partial charge in [-0.1, -0.05) is 29.3 Å². The number of benzene rings is 1. The van der Waals surface area contributed by atoms with Crippen LogP contribution >= 0.6 is 23.2 Å². The van der Waals surface area contributed by atoms with E-state index >= 15 is 0 Å². The minimum absolute atomic E-state index is 0.0569. The Bertz CT molecular complexity index is 724. The highest BCUT2D eigenvalue weighted by Crippen LogP contribution is 2.24. The molecule has 0 fully saturated rings. The Hall–Kier alpha value is -1.79. The van der Waals surface area contributed by atoms with Crippen LogP contribution in [0, 0.1) is 11.6 Å². The van der Waals surface area contributed by atoms with E-state index in [-0.39, 0.29) is 12.0 Å². The van der Waals surface area contributed by atoms with Crippen molar-refractivity contribution in [2.75, 3.05) is 13.6 Å². The Balaban J connectivity index is 1.88. The van der Waals surface area contributed by atoms with Gasteiger partial charge in [-0.2, -0.15) is 0 Å². The molecule has 2 rings (SSSR count). The van der Waals surface area contributed by atoms with Crippen LogP contribution in [0.15, 0.2) is 29.3 Å². The van der Waals surface area contributed by atoms with Gasteiger partial charge >= 0.3 is 0 Å². The van der Waals surface area contributed by atoms with Gasteiger partial charge in [0.1, 0.15) is 16.8 Å². The summed E-state index contributed by atoms with van der Waals surface area (Å²) in [5.41, 5.74) is 0.939. The second-order valence-corrected chi connectivity index (χ2v) is 5.90. The van der Waals surface area contributed by atoms with E-state index in [4.69, 9.17) is 23.2 Å². The molecule has 0 bridgehead atoms. The smallest absolute Gasteiger partial charge is 0.191 e. The molecular weight excluding hydrogens is 357 g/mol. The van der Waals surface area contributed by atoms with Crippen LogP contribution in [0.4, 0.5) is 8.78 Å². The summed E-state index contributed by atoms with van der Waals surface area (Å²) >= 11 is 12.0. The van der Waals surface area contributed by atoms with Crippen molar-refractivity contribution in [1.82, 2.24) is 15.2 Å². The van der Waals surface area contributed by atoms with E-state index < -0.39 is 11.6 Å². The van der Waals surface area contributed by atoms with Crippen molar-refractivity contribution < 1.29 is 8.78 Å². The SMILES string of the molecule is CN=C(NCCc1c(F)cccc1F)NCc1cc(Cl)c(Cl)n1C. The van der Waals surface area contributed by atoms with E-state index in [0.29, 0.717) is 29.2 Å². The van der Waals surface area contributed by atoms with E-state index in [1.54, 1.807) is 17.7 Å². The van der Waals surface area contributed by atoms with Gasteiger partial charge in [0.25, 0.3) is 0 Å². The second-order valence-electron chi connectivity index (χ2n) is 5.14. The van der Waals surface area contributed by atoms with Gasteiger partial charge in [-0.15, -0.1) is 0 Å². The maximum absolute atomic E-state index is 13.6. The molecule has 1 heterocycles. The number of rotatable bonds is 5. The third-order valence-corrected chi connectivity index (χ3v) is 4.45. The van der Waals surface area contributed by atoms with Crippen molar-refractivity contribution >= 4 is 29.2 Å². The summed E-state index contributed by atoms with van der Waals surface area (Å²) in [5.74, 6) is -0.583. The Morgan fingerprint density at radius 1 is 1.21 bits per heavy atom. The number of nitrogens with one attached hydrogen (secondary N) is 2. The van der Waals surface area contributed by atoms with Gasteiger partial charge in [0, 0.05) is 31.9 Å². The topological polar surface area (TPSA) is 41.4 Å². The number of aromatic nitrogens is 1. The normalized spacial score (nSPS) is 11.7. The standard InChI is InChI=1S/C16H18Cl2F2N4/c1-21-16(23-9-10-8-12(17)15(18)24(10)2)22-7-6-11-13(19)4-3-5-14(11)20/h3-5,8H,6-7,9H2,1-2H3,(H2,21,22,23). The molecule has 0 saturated carbocycles. The first-order chi connectivity index (χ1) is 11.4. The molecule has 0 spiro atoms. The van der Waals surface area contributed by atoms with Crippen LogP contribution < -0.4 is 10.6 Å². The monoisotopic (exact) mass is 374 g/mol. The molecule has 2 aromatic rings. The molecule has 4 nitrogen and oxygen atoms in total. The first kappa shape index (κ1) is 18.5. The fourth-order valence-corrected chi connectivity index (χ4v) is 2.65. The highest BCUT2D eigenvalue weighted by molar-refractivity contribution is 6.41. The van der Waals surface area contributed by atoms with Crippen molar-refractivity contribution in [1.29, 1.82) is 0 Å². The number of nitrogens with zero attached hydrogens (tertiary/aromatic N) is 2. The molecule has 0 atom stereocenters. The first-order valence-electron chi connectivity index (χ1n) is 7.31. The van der Waals surface area contributed by atoms with Crippen LogP contribution in [0.5, 0.6) is 0 Å². The highest BCUT2D eigenvalue weighted by atomic mass is 35.5. The predicted molar refractivity (Wildman–Crippen MR) is 93.7 cm³/mol.